The van der Waals surface area contributed by atoms with E-state index in [1.807, 2.05) is 0 Å². The van der Waals surface area contributed by atoms with Crippen molar-refractivity contribution < 1.29 is 23.4 Å². The van der Waals surface area contributed by atoms with Gasteiger partial charge in [-0.3, -0.25) is 4.31 Å². The summed E-state index contributed by atoms with van der Waals surface area (Å²) in [7, 11) is -3.95. The number of benzene rings is 2. The molecule has 0 bridgehead atoms. The van der Waals surface area contributed by atoms with E-state index < -0.39 is 27.3 Å². The van der Waals surface area contributed by atoms with Crippen LogP contribution in [0.15, 0.2) is 47.4 Å². The summed E-state index contributed by atoms with van der Waals surface area (Å²) in [5.74, 6) is -1.85. The van der Waals surface area contributed by atoms with Gasteiger partial charge in [-0.1, -0.05) is 18.2 Å². The van der Waals surface area contributed by atoms with Crippen LogP contribution in [0, 0.1) is 6.92 Å². The van der Waals surface area contributed by atoms with Gasteiger partial charge in [-0.15, -0.1) is 0 Å². The molecule has 0 aliphatic carbocycles. The second-order valence-electron chi connectivity index (χ2n) is 4.95. The van der Waals surface area contributed by atoms with E-state index in [-0.39, 0.29) is 17.0 Å². The fourth-order valence-corrected chi connectivity index (χ4v) is 4.04. The molecule has 0 saturated heterocycles. The van der Waals surface area contributed by atoms with Crippen LogP contribution < -0.4 is 4.31 Å². The summed E-state index contributed by atoms with van der Waals surface area (Å²) in [6.45, 7) is 3.39. The first-order valence-corrected chi connectivity index (χ1v) is 8.37. The number of hydrogen-bond donors (Lipinski definition) is 2. The fourth-order valence-electron chi connectivity index (χ4n) is 2.33. The number of rotatable bonds is 5. The first-order chi connectivity index (χ1) is 10.8. The van der Waals surface area contributed by atoms with Gasteiger partial charge >= 0.3 is 5.97 Å². The van der Waals surface area contributed by atoms with E-state index in [2.05, 4.69) is 0 Å². The van der Waals surface area contributed by atoms with Crippen LogP contribution in [0.5, 0.6) is 5.75 Å². The number of aromatic carboxylic acids is 1. The van der Waals surface area contributed by atoms with Gasteiger partial charge in [-0.05, 0) is 43.7 Å². The van der Waals surface area contributed by atoms with Crippen molar-refractivity contribution in [2.24, 2.45) is 0 Å². The molecule has 6 nitrogen and oxygen atoms in total. The zero-order valence-corrected chi connectivity index (χ0v) is 13.5. The second-order valence-corrected chi connectivity index (χ2v) is 6.78. The van der Waals surface area contributed by atoms with Crippen molar-refractivity contribution in [3.05, 3.63) is 53.6 Å². The molecule has 0 saturated carbocycles. The van der Waals surface area contributed by atoms with E-state index in [0.29, 0.717) is 5.69 Å². The fraction of sp³-hybridized carbons (Fsp3) is 0.188. The Morgan fingerprint density at radius 2 is 1.78 bits per heavy atom. The lowest BCUT2D eigenvalue weighted by Gasteiger charge is -2.24. The molecule has 2 rings (SSSR count). The molecule has 122 valence electrons. The van der Waals surface area contributed by atoms with Crippen LogP contribution in [0.2, 0.25) is 0 Å². The van der Waals surface area contributed by atoms with E-state index in [1.54, 1.807) is 37.3 Å². The third-order valence-electron chi connectivity index (χ3n) is 3.42. The lowest BCUT2D eigenvalue weighted by Crippen LogP contribution is -2.31. The lowest BCUT2D eigenvalue weighted by atomic mass is 10.1. The van der Waals surface area contributed by atoms with Crippen molar-refractivity contribution in [3.8, 4) is 5.75 Å². The normalized spacial score (nSPS) is 11.2. The van der Waals surface area contributed by atoms with Crippen molar-refractivity contribution in [1.29, 1.82) is 0 Å². The van der Waals surface area contributed by atoms with Gasteiger partial charge in [0.15, 0.2) is 0 Å². The molecule has 0 fully saturated rings. The minimum absolute atomic E-state index is 0.140. The summed E-state index contributed by atoms with van der Waals surface area (Å²) in [5, 5.41) is 18.8. The molecule has 0 aliphatic rings. The number of phenols is 1. The van der Waals surface area contributed by atoms with Gasteiger partial charge < -0.3 is 10.2 Å². The topological polar surface area (TPSA) is 94.9 Å². The largest absolute Gasteiger partial charge is 0.507 e. The molecule has 0 aliphatic heterocycles. The van der Waals surface area contributed by atoms with Crippen molar-refractivity contribution in [3.63, 3.8) is 0 Å². The average Bonchev–Trinajstić information content (AvgIpc) is 2.48. The predicted octanol–water partition coefficient (Wildman–Crippen LogP) is 2.61. The first kappa shape index (κ1) is 16.8. The maximum Gasteiger partial charge on any atom is 0.339 e. The number of sulfonamides is 1. The van der Waals surface area contributed by atoms with Gasteiger partial charge in [0, 0.05) is 6.54 Å². The number of aromatic hydroxyl groups is 1. The number of carboxylic acid groups (broad SMARTS) is 1. The van der Waals surface area contributed by atoms with Crippen molar-refractivity contribution in [2.75, 3.05) is 10.8 Å². The van der Waals surface area contributed by atoms with Crippen LogP contribution >= 0.6 is 0 Å². The molecule has 0 radical (unpaired) electrons. The first-order valence-electron chi connectivity index (χ1n) is 6.93. The van der Waals surface area contributed by atoms with E-state index in [9.17, 15) is 18.3 Å². The summed E-state index contributed by atoms with van der Waals surface area (Å²) in [4.78, 5) is 11.0. The molecule has 2 aromatic carbocycles. The molecule has 2 N–H and O–H groups in total. The summed E-state index contributed by atoms with van der Waals surface area (Å²) in [6.07, 6.45) is 0. The molecule has 23 heavy (non-hydrogen) atoms. The van der Waals surface area contributed by atoms with Gasteiger partial charge in [0.05, 0.1) is 10.6 Å². The molecule has 0 aromatic heterocycles. The van der Waals surface area contributed by atoms with E-state index in [4.69, 9.17) is 5.11 Å². The Kier molecular flexibility index (Phi) is 4.60. The molecule has 7 heteroatoms. The number of aryl methyl sites for hydroxylation is 1. The number of hydrogen-bond acceptors (Lipinski definition) is 4. The van der Waals surface area contributed by atoms with E-state index in [0.717, 1.165) is 12.1 Å². The van der Waals surface area contributed by atoms with Crippen LogP contribution in [-0.4, -0.2) is 31.1 Å². The van der Waals surface area contributed by atoms with Gasteiger partial charge in [0.25, 0.3) is 10.0 Å². The Bertz CT molecular complexity index is 831. The summed E-state index contributed by atoms with van der Waals surface area (Å²) in [6, 6.07) is 10.7. The smallest absolute Gasteiger partial charge is 0.339 e. The van der Waals surface area contributed by atoms with E-state index in [1.165, 1.54) is 11.2 Å². The highest BCUT2D eigenvalue weighted by Crippen LogP contribution is 2.30. The van der Waals surface area contributed by atoms with Crippen LogP contribution in [0.1, 0.15) is 22.8 Å². The van der Waals surface area contributed by atoms with Crippen LogP contribution in [0.25, 0.3) is 0 Å². The highest BCUT2D eigenvalue weighted by Gasteiger charge is 2.27. The number of nitrogens with zero attached hydrogens (tertiary/aromatic N) is 1. The third kappa shape index (κ3) is 3.14. The second kappa shape index (κ2) is 6.29. The zero-order chi connectivity index (χ0) is 17.2. The summed E-state index contributed by atoms with van der Waals surface area (Å²) >= 11 is 0. The number of carboxylic acids is 1. The Labute approximate surface area is 134 Å². The van der Waals surface area contributed by atoms with Crippen LogP contribution in [0.4, 0.5) is 5.69 Å². The molecule has 0 heterocycles. The summed E-state index contributed by atoms with van der Waals surface area (Å²) in [5.41, 5.74) is 0.319. The van der Waals surface area contributed by atoms with Gasteiger partial charge in [0.1, 0.15) is 11.3 Å². The Morgan fingerprint density at radius 1 is 1.17 bits per heavy atom. The highest BCUT2D eigenvalue weighted by atomic mass is 32.2. The molecule has 0 atom stereocenters. The predicted molar refractivity (Wildman–Crippen MR) is 86.5 cm³/mol. The molecule has 2 aromatic rings. The van der Waals surface area contributed by atoms with Crippen molar-refractivity contribution in [1.82, 2.24) is 0 Å². The number of anilines is 1. The molecular weight excluding hydrogens is 318 g/mol. The molecule has 0 spiro atoms. The average molecular weight is 335 g/mol. The number of carbonyl (C=O) groups is 1. The molecular formula is C16H17NO5S. The SMILES string of the molecule is CCN(c1ccccc1)S(=O)(=O)c1cc(C(=O)O)c(O)cc1C. The summed E-state index contributed by atoms with van der Waals surface area (Å²) < 4.78 is 27.0. The highest BCUT2D eigenvalue weighted by molar-refractivity contribution is 7.92. The van der Waals surface area contributed by atoms with Crippen molar-refractivity contribution >= 4 is 21.7 Å². The standard InChI is InChI=1S/C16H17NO5S/c1-3-17(12-7-5-4-6-8-12)23(21,22)15-10-13(16(19)20)14(18)9-11(15)2/h4-10,18H,3H2,1-2H3,(H,19,20). The van der Waals surface area contributed by atoms with Crippen molar-refractivity contribution in [2.45, 2.75) is 18.7 Å². The molecule has 0 unspecified atom stereocenters. The Balaban J connectivity index is 2.63. The maximum atomic E-state index is 12.9. The van der Waals surface area contributed by atoms with Crippen LogP contribution in [-0.2, 0) is 10.0 Å². The minimum Gasteiger partial charge on any atom is -0.507 e. The quantitative estimate of drug-likeness (QED) is 0.876. The van der Waals surface area contributed by atoms with Gasteiger partial charge in [0.2, 0.25) is 0 Å². The number of para-hydroxylation sites is 1. The monoisotopic (exact) mass is 335 g/mol. The molecule has 0 amide bonds. The van der Waals surface area contributed by atoms with Crippen LogP contribution in [0.3, 0.4) is 0 Å². The third-order valence-corrected chi connectivity index (χ3v) is 5.47. The van der Waals surface area contributed by atoms with Gasteiger partial charge in [-0.25, -0.2) is 13.2 Å². The Morgan fingerprint density at radius 3 is 2.30 bits per heavy atom. The zero-order valence-electron chi connectivity index (χ0n) is 12.7. The maximum absolute atomic E-state index is 12.9. The van der Waals surface area contributed by atoms with E-state index >= 15 is 0 Å². The Hall–Kier alpha value is -2.54. The lowest BCUT2D eigenvalue weighted by molar-refractivity contribution is 0.0693. The van der Waals surface area contributed by atoms with Gasteiger partial charge in [-0.2, -0.15) is 0 Å². The minimum atomic E-state index is -3.95.